The lowest BCUT2D eigenvalue weighted by Crippen LogP contribution is -2.56. The minimum Gasteiger partial charge on any atom is -0.311 e. The van der Waals surface area contributed by atoms with Gasteiger partial charge in [-0.2, -0.15) is 0 Å². The average molecular weight is 304 g/mol. The zero-order valence-corrected chi connectivity index (χ0v) is 15.7. The highest BCUT2D eigenvalue weighted by Crippen LogP contribution is 2.88. The Hall–Kier alpha value is 0.580. The molecule has 1 fully saturated rings. The number of hydrogen-bond donors (Lipinski definition) is 0. The summed E-state index contributed by atoms with van der Waals surface area (Å²) in [5.41, 5.74) is 0. The quantitative estimate of drug-likeness (QED) is 0.398. The van der Waals surface area contributed by atoms with Crippen LogP contribution in [-0.4, -0.2) is 16.1 Å². The Morgan fingerprint density at radius 1 is 1.05 bits per heavy atom. The lowest BCUT2D eigenvalue weighted by atomic mass is 9.83. The Bertz CT molecular complexity index is 327. The molecular weight excluding hydrogens is 271 g/mol. The first kappa shape index (κ1) is 17.6. The summed E-state index contributed by atoms with van der Waals surface area (Å²) in [5, 5.41) is 0.0538. The SMILES string of the molecule is CC(C)CCCCCSP1(=O)C(C)(C)C(C)C1(C)C. The maximum atomic E-state index is 13.3. The fraction of sp³-hybridized carbons (Fsp3) is 1.00. The summed E-state index contributed by atoms with van der Waals surface area (Å²) in [4.78, 5) is 0. The van der Waals surface area contributed by atoms with E-state index in [1.54, 1.807) is 11.4 Å². The Kier molecular flexibility index (Phi) is 5.70. The van der Waals surface area contributed by atoms with E-state index in [2.05, 4.69) is 48.5 Å². The molecule has 1 rings (SSSR count). The van der Waals surface area contributed by atoms with Gasteiger partial charge in [0.15, 0.2) is 0 Å². The molecular formula is C16H33OPS. The minimum absolute atomic E-state index is 0.0269. The van der Waals surface area contributed by atoms with Crippen LogP contribution >= 0.6 is 17.7 Å². The average Bonchev–Trinajstić information content (AvgIpc) is 2.30. The fourth-order valence-electron chi connectivity index (χ4n) is 3.41. The molecule has 0 amide bonds. The molecule has 1 aliphatic heterocycles. The molecule has 0 saturated carbocycles. The van der Waals surface area contributed by atoms with Crippen molar-refractivity contribution >= 4 is 17.7 Å². The molecule has 114 valence electrons. The first-order chi connectivity index (χ1) is 8.57. The minimum atomic E-state index is -2.11. The highest BCUT2D eigenvalue weighted by atomic mass is 32.7. The van der Waals surface area contributed by atoms with Gasteiger partial charge in [-0.15, -0.1) is 0 Å². The summed E-state index contributed by atoms with van der Waals surface area (Å²) in [6, 6.07) is 0. The highest BCUT2D eigenvalue weighted by Gasteiger charge is 2.68. The zero-order valence-electron chi connectivity index (χ0n) is 14.0. The van der Waals surface area contributed by atoms with Crippen LogP contribution in [0.5, 0.6) is 0 Å². The second-order valence-corrected chi connectivity index (χ2v) is 14.0. The van der Waals surface area contributed by atoms with E-state index >= 15 is 0 Å². The Morgan fingerprint density at radius 3 is 2.05 bits per heavy atom. The van der Waals surface area contributed by atoms with Gasteiger partial charge in [0.1, 0.15) is 6.34 Å². The topological polar surface area (TPSA) is 17.1 Å². The third-order valence-electron chi connectivity index (χ3n) is 5.34. The van der Waals surface area contributed by atoms with E-state index in [1.807, 2.05) is 0 Å². The summed E-state index contributed by atoms with van der Waals surface area (Å²) >= 11 is 1.80. The van der Waals surface area contributed by atoms with Gasteiger partial charge in [-0.05, 0) is 18.3 Å². The van der Waals surface area contributed by atoms with E-state index < -0.39 is 6.34 Å². The van der Waals surface area contributed by atoms with Crippen molar-refractivity contribution in [3.05, 3.63) is 0 Å². The molecule has 1 aliphatic rings. The summed E-state index contributed by atoms with van der Waals surface area (Å²) in [6.07, 6.45) is 3.07. The molecule has 1 saturated heterocycles. The van der Waals surface area contributed by atoms with Crippen LogP contribution in [0, 0.1) is 11.8 Å². The molecule has 1 heterocycles. The monoisotopic (exact) mass is 304 g/mol. The smallest absolute Gasteiger partial charge is 0.150 e. The molecule has 0 aromatic rings. The van der Waals surface area contributed by atoms with E-state index in [0.717, 1.165) is 11.7 Å². The summed E-state index contributed by atoms with van der Waals surface area (Å²) in [7, 11) is 0. The van der Waals surface area contributed by atoms with Crippen LogP contribution in [0.15, 0.2) is 0 Å². The van der Waals surface area contributed by atoms with Gasteiger partial charge in [-0.1, -0.05) is 79.1 Å². The molecule has 19 heavy (non-hydrogen) atoms. The van der Waals surface area contributed by atoms with Crippen LogP contribution < -0.4 is 0 Å². The third-order valence-corrected chi connectivity index (χ3v) is 14.4. The van der Waals surface area contributed by atoms with Crippen molar-refractivity contribution in [2.75, 3.05) is 5.75 Å². The molecule has 0 bridgehead atoms. The van der Waals surface area contributed by atoms with E-state index in [4.69, 9.17) is 0 Å². The molecule has 0 unspecified atom stereocenters. The van der Waals surface area contributed by atoms with Crippen molar-refractivity contribution in [3.63, 3.8) is 0 Å². The van der Waals surface area contributed by atoms with Crippen LogP contribution in [0.4, 0.5) is 0 Å². The molecule has 1 nitrogen and oxygen atoms in total. The summed E-state index contributed by atoms with van der Waals surface area (Å²) in [5.74, 6) is 2.45. The first-order valence-electron chi connectivity index (χ1n) is 7.82. The van der Waals surface area contributed by atoms with Crippen molar-refractivity contribution in [3.8, 4) is 0 Å². The van der Waals surface area contributed by atoms with Crippen molar-refractivity contribution in [2.45, 2.75) is 84.5 Å². The van der Waals surface area contributed by atoms with Crippen molar-refractivity contribution in [1.82, 2.24) is 0 Å². The predicted octanol–water partition coefficient (Wildman–Crippen LogP) is 6.42. The van der Waals surface area contributed by atoms with Crippen molar-refractivity contribution < 1.29 is 4.57 Å². The lowest BCUT2D eigenvalue weighted by Gasteiger charge is -2.62. The molecule has 0 N–H and O–H groups in total. The van der Waals surface area contributed by atoms with E-state index in [9.17, 15) is 4.57 Å². The van der Waals surface area contributed by atoms with Gasteiger partial charge in [-0.3, -0.25) is 0 Å². The van der Waals surface area contributed by atoms with Crippen LogP contribution in [0.3, 0.4) is 0 Å². The van der Waals surface area contributed by atoms with Gasteiger partial charge >= 0.3 is 0 Å². The largest absolute Gasteiger partial charge is 0.311 e. The number of unbranched alkanes of at least 4 members (excludes halogenated alkanes) is 2. The molecule has 0 aromatic heterocycles. The lowest BCUT2D eigenvalue weighted by molar-refractivity contribution is 0.280. The zero-order chi connectivity index (χ0) is 14.9. The van der Waals surface area contributed by atoms with Gasteiger partial charge in [0.25, 0.3) is 0 Å². The van der Waals surface area contributed by atoms with Crippen LogP contribution in [0.1, 0.15) is 74.1 Å². The molecule has 0 radical (unpaired) electrons. The molecule has 0 aromatic carbocycles. The van der Waals surface area contributed by atoms with Gasteiger partial charge < -0.3 is 4.57 Å². The molecule has 3 heteroatoms. The van der Waals surface area contributed by atoms with Gasteiger partial charge in [0.2, 0.25) is 0 Å². The molecule has 0 atom stereocenters. The standard InChI is InChI=1S/C16H33OPS/c1-13(2)11-9-8-10-12-19-18(17)15(4,5)14(3)16(18,6)7/h13-14H,8-12H2,1-7H3. The third kappa shape index (κ3) is 3.10. The first-order valence-corrected chi connectivity index (χ1v) is 11.1. The number of rotatable bonds is 7. The van der Waals surface area contributed by atoms with E-state index in [1.165, 1.54) is 25.7 Å². The Balaban J connectivity index is 2.38. The Labute approximate surface area is 124 Å². The second kappa shape index (κ2) is 6.14. The highest BCUT2D eigenvalue weighted by molar-refractivity contribution is 8.59. The number of hydrogen-bond acceptors (Lipinski definition) is 2. The molecule has 0 aliphatic carbocycles. The Morgan fingerprint density at radius 2 is 1.58 bits per heavy atom. The van der Waals surface area contributed by atoms with Crippen LogP contribution in [0.2, 0.25) is 0 Å². The van der Waals surface area contributed by atoms with Crippen molar-refractivity contribution in [1.29, 1.82) is 0 Å². The second-order valence-electron chi connectivity index (χ2n) is 7.66. The molecule has 0 spiro atoms. The normalized spacial score (nSPS) is 32.3. The van der Waals surface area contributed by atoms with E-state index in [0.29, 0.717) is 5.92 Å². The fourth-order valence-corrected chi connectivity index (χ4v) is 11.7. The van der Waals surface area contributed by atoms with Gasteiger partial charge in [0, 0.05) is 16.1 Å². The maximum Gasteiger partial charge on any atom is 0.150 e. The van der Waals surface area contributed by atoms with E-state index in [-0.39, 0.29) is 10.3 Å². The van der Waals surface area contributed by atoms with Crippen LogP contribution in [0.25, 0.3) is 0 Å². The van der Waals surface area contributed by atoms with Gasteiger partial charge in [0.05, 0.1) is 0 Å². The maximum absolute atomic E-state index is 13.3. The summed E-state index contributed by atoms with van der Waals surface area (Å²) < 4.78 is 13.3. The van der Waals surface area contributed by atoms with Crippen molar-refractivity contribution in [2.24, 2.45) is 11.8 Å². The van der Waals surface area contributed by atoms with Crippen LogP contribution in [-0.2, 0) is 4.57 Å². The van der Waals surface area contributed by atoms with Gasteiger partial charge in [-0.25, -0.2) is 0 Å². The predicted molar refractivity (Wildman–Crippen MR) is 90.7 cm³/mol. The summed E-state index contributed by atoms with van der Waals surface area (Å²) in [6.45, 7) is 15.6.